The van der Waals surface area contributed by atoms with Crippen LogP contribution in [0.2, 0.25) is 0 Å². The minimum absolute atomic E-state index is 0.271. The van der Waals surface area contributed by atoms with Crippen molar-refractivity contribution in [1.29, 1.82) is 0 Å². The van der Waals surface area contributed by atoms with Crippen molar-refractivity contribution in [2.24, 2.45) is 0 Å². The predicted molar refractivity (Wildman–Crippen MR) is 89.1 cm³/mol. The van der Waals surface area contributed by atoms with Gasteiger partial charge in [0.05, 0.1) is 11.3 Å². The zero-order valence-electron chi connectivity index (χ0n) is 13.7. The number of ether oxygens (including phenoxy) is 1. The summed E-state index contributed by atoms with van der Waals surface area (Å²) >= 11 is 0. The van der Waals surface area contributed by atoms with E-state index in [-0.39, 0.29) is 11.3 Å². The van der Waals surface area contributed by atoms with Crippen molar-refractivity contribution >= 4 is 17.6 Å². The fraction of sp³-hybridized carbons (Fsp3) is 0.118. The van der Waals surface area contributed by atoms with Gasteiger partial charge in [-0.25, -0.2) is 13.9 Å². The fourth-order valence-corrected chi connectivity index (χ4v) is 2.12. The van der Waals surface area contributed by atoms with E-state index in [9.17, 15) is 14.0 Å². The number of esters is 1. The van der Waals surface area contributed by atoms with Gasteiger partial charge in [0.1, 0.15) is 12.1 Å². The van der Waals surface area contributed by atoms with Crippen LogP contribution in [0, 0.1) is 5.82 Å². The zero-order valence-corrected chi connectivity index (χ0v) is 13.7. The Balaban J connectivity index is 1.60. The molecule has 1 atom stereocenters. The summed E-state index contributed by atoms with van der Waals surface area (Å²) in [4.78, 5) is 24.2. The monoisotopic (exact) mass is 355 g/mol. The smallest absolute Gasteiger partial charge is 0.338 e. The van der Waals surface area contributed by atoms with Crippen LogP contribution < -0.4 is 5.32 Å². The first kappa shape index (κ1) is 17.2. The second-order valence-electron chi connectivity index (χ2n) is 5.35. The number of amides is 1. The Labute approximate surface area is 147 Å². The number of carbonyl (C=O) groups excluding carboxylic acids is 2. The number of halogens is 1. The summed E-state index contributed by atoms with van der Waals surface area (Å²) in [5, 5.41) is 13.3. The number of anilines is 1. The highest BCUT2D eigenvalue weighted by Gasteiger charge is 2.19. The van der Waals surface area contributed by atoms with E-state index >= 15 is 0 Å². The summed E-state index contributed by atoms with van der Waals surface area (Å²) in [6.07, 6.45) is 0.372. The minimum atomic E-state index is -1.05. The lowest BCUT2D eigenvalue weighted by Gasteiger charge is -2.13. The van der Waals surface area contributed by atoms with Crippen molar-refractivity contribution in [2.45, 2.75) is 13.0 Å². The van der Waals surface area contributed by atoms with Crippen LogP contribution in [-0.2, 0) is 9.53 Å². The van der Waals surface area contributed by atoms with Crippen LogP contribution in [0.5, 0.6) is 0 Å². The Morgan fingerprint density at radius 1 is 1.19 bits per heavy atom. The Bertz CT molecular complexity index is 912. The van der Waals surface area contributed by atoms with Gasteiger partial charge < -0.3 is 10.1 Å². The van der Waals surface area contributed by atoms with Crippen LogP contribution in [0.15, 0.2) is 54.9 Å². The van der Waals surface area contributed by atoms with Crippen LogP contribution in [0.25, 0.3) is 5.69 Å². The molecule has 1 N–H and O–H groups in total. The third-order valence-corrected chi connectivity index (χ3v) is 3.46. The van der Waals surface area contributed by atoms with Gasteiger partial charge in [-0.2, -0.15) is 0 Å². The number of nitrogens with zero attached hydrogens (tertiary/aromatic N) is 4. The SMILES string of the molecule is C[C@H](OC(=O)c1ccc(-n2cnnn2)cc1)C(=O)Nc1cccc(F)c1. The number of hydrogen-bond acceptors (Lipinski definition) is 6. The third kappa shape index (κ3) is 4.07. The Kier molecular flexibility index (Phi) is 4.97. The summed E-state index contributed by atoms with van der Waals surface area (Å²) in [6, 6.07) is 11.8. The average Bonchev–Trinajstić information content (AvgIpc) is 3.16. The molecule has 9 heteroatoms. The van der Waals surface area contributed by atoms with Crippen LogP contribution in [0.3, 0.4) is 0 Å². The first-order valence-electron chi connectivity index (χ1n) is 7.64. The lowest BCUT2D eigenvalue weighted by atomic mass is 10.2. The van der Waals surface area contributed by atoms with E-state index in [1.807, 2.05) is 0 Å². The zero-order chi connectivity index (χ0) is 18.5. The molecule has 0 radical (unpaired) electrons. The molecular weight excluding hydrogens is 341 g/mol. The number of rotatable bonds is 5. The lowest BCUT2D eigenvalue weighted by Crippen LogP contribution is -2.30. The van der Waals surface area contributed by atoms with Gasteiger partial charge in [-0.05, 0) is 59.8 Å². The number of tetrazole rings is 1. The summed E-state index contributed by atoms with van der Waals surface area (Å²) in [6.45, 7) is 1.43. The molecule has 3 aromatic rings. The molecule has 0 bridgehead atoms. The van der Waals surface area contributed by atoms with Gasteiger partial charge in [0.2, 0.25) is 0 Å². The van der Waals surface area contributed by atoms with Crippen molar-refractivity contribution in [3.05, 3.63) is 66.2 Å². The molecule has 3 rings (SSSR count). The largest absolute Gasteiger partial charge is 0.449 e. The summed E-state index contributed by atoms with van der Waals surface area (Å²) < 4.78 is 19.7. The maximum absolute atomic E-state index is 13.1. The highest BCUT2D eigenvalue weighted by Crippen LogP contribution is 2.12. The number of hydrogen-bond donors (Lipinski definition) is 1. The van der Waals surface area contributed by atoms with Gasteiger partial charge in [-0.1, -0.05) is 6.07 Å². The van der Waals surface area contributed by atoms with Crippen LogP contribution in [0.1, 0.15) is 17.3 Å². The van der Waals surface area contributed by atoms with E-state index in [1.54, 1.807) is 12.1 Å². The lowest BCUT2D eigenvalue weighted by molar-refractivity contribution is -0.123. The van der Waals surface area contributed by atoms with Crippen LogP contribution in [0.4, 0.5) is 10.1 Å². The van der Waals surface area contributed by atoms with Gasteiger partial charge in [0.15, 0.2) is 6.10 Å². The normalized spacial score (nSPS) is 11.6. The molecule has 0 saturated heterocycles. The van der Waals surface area contributed by atoms with Crippen LogP contribution in [-0.4, -0.2) is 38.2 Å². The second-order valence-corrected chi connectivity index (χ2v) is 5.35. The van der Waals surface area contributed by atoms with Gasteiger partial charge in [0.25, 0.3) is 5.91 Å². The van der Waals surface area contributed by atoms with Gasteiger partial charge in [0, 0.05) is 5.69 Å². The van der Waals surface area contributed by atoms with Gasteiger partial charge in [-0.15, -0.1) is 5.10 Å². The minimum Gasteiger partial charge on any atom is -0.449 e. The molecule has 0 saturated carbocycles. The van der Waals surface area contributed by atoms with E-state index in [2.05, 4.69) is 20.8 Å². The summed E-state index contributed by atoms with van der Waals surface area (Å²) in [5.74, 6) is -1.69. The molecule has 8 nitrogen and oxygen atoms in total. The fourth-order valence-electron chi connectivity index (χ4n) is 2.12. The number of aromatic nitrogens is 4. The van der Waals surface area contributed by atoms with Crippen molar-refractivity contribution in [3.8, 4) is 5.69 Å². The van der Waals surface area contributed by atoms with Gasteiger partial charge in [-0.3, -0.25) is 4.79 Å². The molecule has 0 aliphatic rings. The van der Waals surface area contributed by atoms with Crippen molar-refractivity contribution in [1.82, 2.24) is 20.2 Å². The maximum Gasteiger partial charge on any atom is 0.338 e. The standard InChI is InChI=1S/C17H14FN5O3/c1-11(16(24)20-14-4-2-3-13(18)9-14)26-17(25)12-5-7-15(8-6-12)23-10-19-21-22-23/h2-11H,1H3,(H,20,24)/t11-/m0/s1. The quantitative estimate of drug-likeness (QED) is 0.703. The Hall–Kier alpha value is -3.62. The molecule has 1 aromatic heterocycles. The number of benzene rings is 2. The second kappa shape index (κ2) is 7.51. The van der Waals surface area contributed by atoms with Crippen molar-refractivity contribution in [2.75, 3.05) is 5.32 Å². The molecular formula is C17H14FN5O3. The molecule has 1 heterocycles. The highest BCUT2D eigenvalue weighted by molar-refractivity contribution is 5.97. The molecule has 0 fully saturated rings. The molecule has 2 aromatic carbocycles. The molecule has 0 spiro atoms. The molecule has 132 valence electrons. The van der Waals surface area contributed by atoms with Gasteiger partial charge >= 0.3 is 5.97 Å². The predicted octanol–water partition coefficient (Wildman–Crippen LogP) is 1.99. The van der Waals surface area contributed by atoms with E-state index in [0.717, 1.165) is 0 Å². The highest BCUT2D eigenvalue weighted by atomic mass is 19.1. The first-order valence-corrected chi connectivity index (χ1v) is 7.64. The topological polar surface area (TPSA) is 99.0 Å². The summed E-state index contributed by atoms with van der Waals surface area (Å²) in [5.41, 5.74) is 1.22. The van der Waals surface area contributed by atoms with E-state index in [4.69, 9.17) is 4.74 Å². The summed E-state index contributed by atoms with van der Waals surface area (Å²) in [7, 11) is 0. The maximum atomic E-state index is 13.1. The van der Waals surface area contributed by atoms with E-state index in [0.29, 0.717) is 5.69 Å². The molecule has 26 heavy (non-hydrogen) atoms. The van der Waals surface area contributed by atoms with Crippen molar-refractivity contribution in [3.63, 3.8) is 0 Å². The molecule has 1 amide bonds. The van der Waals surface area contributed by atoms with E-state index < -0.39 is 23.8 Å². The molecule has 0 unspecified atom stereocenters. The Morgan fingerprint density at radius 3 is 2.62 bits per heavy atom. The van der Waals surface area contributed by atoms with E-state index in [1.165, 1.54) is 54.3 Å². The average molecular weight is 355 g/mol. The number of nitrogens with one attached hydrogen (secondary N) is 1. The number of carbonyl (C=O) groups is 2. The molecule has 0 aliphatic carbocycles. The third-order valence-electron chi connectivity index (χ3n) is 3.46. The van der Waals surface area contributed by atoms with Crippen molar-refractivity contribution < 1.29 is 18.7 Å². The Morgan fingerprint density at radius 2 is 1.96 bits per heavy atom. The van der Waals surface area contributed by atoms with Crippen LogP contribution >= 0.6 is 0 Å². The first-order chi connectivity index (χ1) is 12.5. The molecule has 0 aliphatic heterocycles.